The minimum Gasteiger partial charge on any atom is -0.466 e. The number of ether oxygens (including phenoxy) is 3. The van der Waals surface area contributed by atoms with E-state index in [9.17, 15) is 19.2 Å². The number of carbonyl (C=O) groups excluding carboxylic acids is 4. The molecule has 0 heterocycles. The number of esters is 4. The van der Waals surface area contributed by atoms with Gasteiger partial charge in [-0.15, -0.1) is 0 Å². The molecule has 0 aliphatic rings. The molecule has 7 heteroatoms. The second kappa shape index (κ2) is 8.08. The first-order valence-electron chi connectivity index (χ1n) is 5.84. The number of methoxy groups -OCH3 is 1. The summed E-state index contributed by atoms with van der Waals surface area (Å²) in [5, 5.41) is 0. The monoisotopic (exact) mass is 286 g/mol. The smallest absolute Gasteiger partial charge is 0.331 e. The van der Waals surface area contributed by atoms with E-state index in [0.717, 1.165) is 12.2 Å². The standard InChI is InChI=1S/C13H18O7/c1-13(2,3)12(17)20-11(16)7-8-19-10(15)6-5-9(14)18-4/h5-6H,7-8H2,1-4H3. The maximum absolute atomic E-state index is 11.4. The molecule has 0 atom stereocenters. The normalized spacial score (nSPS) is 11.0. The third kappa shape index (κ3) is 8.02. The van der Waals surface area contributed by atoms with Gasteiger partial charge in [-0.25, -0.2) is 9.59 Å². The molecule has 0 rings (SSSR count). The van der Waals surface area contributed by atoms with Crippen LogP contribution in [0.3, 0.4) is 0 Å². The molecule has 0 radical (unpaired) electrons. The van der Waals surface area contributed by atoms with Crippen LogP contribution >= 0.6 is 0 Å². The van der Waals surface area contributed by atoms with Gasteiger partial charge >= 0.3 is 23.9 Å². The van der Waals surface area contributed by atoms with Crippen LogP contribution in [0, 0.1) is 5.41 Å². The minimum atomic E-state index is -0.801. The van der Waals surface area contributed by atoms with E-state index >= 15 is 0 Å². The Morgan fingerprint density at radius 1 is 1.00 bits per heavy atom. The maximum atomic E-state index is 11.4. The molecule has 0 aliphatic heterocycles. The lowest BCUT2D eigenvalue weighted by Crippen LogP contribution is -2.26. The Hall–Kier alpha value is -2.18. The van der Waals surface area contributed by atoms with Gasteiger partial charge in [0.1, 0.15) is 6.61 Å². The van der Waals surface area contributed by atoms with Gasteiger partial charge < -0.3 is 14.2 Å². The van der Waals surface area contributed by atoms with Crippen LogP contribution in [0.2, 0.25) is 0 Å². The van der Waals surface area contributed by atoms with Crippen molar-refractivity contribution in [2.24, 2.45) is 5.41 Å². The first kappa shape index (κ1) is 17.8. The van der Waals surface area contributed by atoms with Gasteiger partial charge in [-0.2, -0.15) is 0 Å². The Morgan fingerprint density at radius 3 is 2.05 bits per heavy atom. The van der Waals surface area contributed by atoms with E-state index in [4.69, 9.17) is 0 Å². The van der Waals surface area contributed by atoms with E-state index in [-0.39, 0.29) is 13.0 Å². The molecule has 0 aromatic carbocycles. The van der Waals surface area contributed by atoms with Crippen molar-refractivity contribution in [1.29, 1.82) is 0 Å². The Labute approximate surface area is 116 Å². The van der Waals surface area contributed by atoms with Gasteiger partial charge in [0, 0.05) is 12.2 Å². The number of hydrogen-bond acceptors (Lipinski definition) is 7. The molecule has 0 aliphatic carbocycles. The Bertz CT molecular complexity index is 415. The summed E-state index contributed by atoms with van der Waals surface area (Å²) in [6.45, 7) is 4.58. The van der Waals surface area contributed by atoms with Gasteiger partial charge in [-0.1, -0.05) is 0 Å². The first-order chi connectivity index (χ1) is 9.16. The highest BCUT2D eigenvalue weighted by atomic mass is 16.6. The molecule has 0 amide bonds. The molecular weight excluding hydrogens is 268 g/mol. The van der Waals surface area contributed by atoms with Crippen molar-refractivity contribution in [3.8, 4) is 0 Å². The van der Waals surface area contributed by atoms with Crippen molar-refractivity contribution in [2.45, 2.75) is 27.2 Å². The highest BCUT2D eigenvalue weighted by Gasteiger charge is 2.25. The fourth-order valence-corrected chi connectivity index (χ4v) is 0.795. The van der Waals surface area contributed by atoms with Crippen LogP contribution in [-0.4, -0.2) is 37.6 Å². The molecule has 7 nitrogen and oxygen atoms in total. The summed E-state index contributed by atoms with van der Waals surface area (Å²) in [4.78, 5) is 44.4. The highest BCUT2D eigenvalue weighted by molar-refractivity contribution is 5.92. The van der Waals surface area contributed by atoms with Crippen molar-refractivity contribution in [3.63, 3.8) is 0 Å². The van der Waals surface area contributed by atoms with Crippen molar-refractivity contribution < 1.29 is 33.4 Å². The van der Waals surface area contributed by atoms with Crippen molar-refractivity contribution >= 4 is 23.9 Å². The van der Waals surface area contributed by atoms with Crippen LogP contribution in [0.15, 0.2) is 12.2 Å². The van der Waals surface area contributed by atoms with Gasteiger partial charge in [-0.05, 0) is 20.8 Å². The fourth-order valence-electron chi connectivity index (χ4n) is 0.795. The summed E-state index contributed by atoms with van der Waals surface area (Å²) < 4.78 is 13.5. The highest BCUT2D eigenvalue weighted by Crippen LogP contribution is 2.15. The summed E-state index contributed by atoms with van der Waals surface area (Å²) in [6, 6.07) is 0. The Kier molecular flexibility index (Phi) is 7.20. The molecule has 0 fully saturated rings. The number of rotatable bonds is 5. The summed E-state index contributed by atoms with van der Waals surface area (Å²) >= 11 is 0. The average molecular weight is 286 g/mol. The second-order valence-corrected chi connectivity index (χ2v) is 4.79. The van der Waals surface area contributed by atoms with Crippen LogP contribution in [0.5, 0.6) is 0 Å². The summed E-state index contributed by atoms with van der Waals surface area (Å²) in [7, 11) is 1.17. The predicted octanol–water partition coefficient (Wildman–Crippen LogP) is 0.765. The second-order valence-electron chi connectivity index (χ2n) is 4.79. The van der Waals surface area contributed by atoms with E-state index in [1.54, 1.807) is 20.8 Å². The molecule has 20 heavy (non-hydrogen) atoms. The summed E-state index contributed by atoms with van der Waals surface area (Å²) in [6.07, 6.45) is 1.51. The third-order valence-electron chi connectivity index (χ3n) is 1.93. The van der Waals surface area contributed by atoms with Crippen LogP contribution in [0.4, 0.5) is 0 Å². The fraction of sp³-hybridized carbons (Fsp3) is 0.538. The van der Waals surface area contributed by atoms with E-state index in [2.05, 4.69) is 14.2 Å². The van der Waals surface area contributed by atoms with Crippen molar-refractivity contribution in [1.82, 2.24) is 0 Å². The van der Waals surface area contributed by atoms with Crippen LogP contribution in [0.1, 0.15) is 27.2 Å². The zero-order valence-electron chi connectivity index (χ0n) is 11.9. The average Bonchev–Trinajstić information content (AvgIpc) is 2.34. The lowest BCUT2D eigenvalue weighted by molar-refractivity contribution is -0.166. The van der Waals surface area contributed by atoms with Gasteiger partial charge in [0.25, 0.3) is 0 Å². The summed E-state index contributed by atoms with van der Waals surface area (Å²) in [5.41, 5.74) is -0.782. The number of carbonyl (C=O) groups is 4. The van der Waals surface area contributed by atoms with E-state index < -0.39 is 29.3 Å². The first-order valence-corrected chi connectivity index (χ1v) is 5.84. The Balaban J connectivity index is 3.99. The molecule has 0 aromatic rings. The maximum Gasteiger partial charge on any atom is 0.331 e. The zero-order valence-corrected chi connectivity index (χ0v) is 11.9. The number of hydrogen-bond donors (Lipinski definition) is 0. The van der Waals surface area contributed by atoms with E-state index in [0.29, 0.717) is 0 Å². The molecule has 0 saturated carbocycles. The van der Waals surface area contributed by atoms with Crippen LogP contribution in [0.25, 0.3) is 0 Å². The van der Waals surface area contributed by atoms with Gasteiger partial charge in [0.05, 0.1) is 18.9 Å². The molecule has 0 bridgehead atoms. The Morgan fingerprint density at radius 2 is 1.55 bits per heavy atom. The summed E-state index contributed by atoms with van der Waals surface area (Å²) in [5.74, 6) is -2.93. The van der Waals surface area contributed by atoms with Gasteiger partial charge in [-0.3, -0.25) is 9.59 Å². The molecule has 112 valence electrons. The minimum absolute atomic E-state index is 0.249. The molecule has 0 N–H and O–H groups in total. The topological polar surface area (TPSA) is 96.0 Å². The quantitative estimate of drug-likeness (QED) is 0.318. The van der Waals surface area contributed by atoms with Gasteiger partial charge in [0.15, 0.2) is 0 Å². The van der Waals surface area contributed by atoms with Crippen molar-refractivity contribution in [2.75, 3.05) is 13.7 Å². The van der Waals surface area contributed by atoms with Gasteiger partial charge in [0.2, 0.25) is 0 Å². The van der Waals surface area contributed by atoms with Crippen LogP contribution < -0.4 is 0 Å². The SMILES string of the molecule is COC(=O)C=CC(=O)OCCC(=O)OC(=O)C(C)(C)C. The van der Waals surface area contributed by atoms with Crippen LogP contribution in [-0.2, 0) is 33.4 Å². The molecular formula is C13H18O7. The molecule has 0 saturated heterocycles. The van der Waals surface area contributed by atoms with E-state index in [1.165, 1.54) is 7.11 Å². The van der Waals surface area contributed by atoms with Crippen molar-refractivity contribution in [3.05, 3.63) is 12.2 Å². The third-order valence-corrected chi connectivity index (χ3v) is 1.93. The largest absolute Gasteiger partial charge is 0.466 e. The lowest BCUT2D eigenvalue weighted by Gasteiger charge is -2.15. The molecule has 0 aromatic heterocycles. The molecule has 0 spiro atoms. The predicted molar refractivity (Wildman–Crippen MR) is 67.3 cm³/mol. The lowest BCUT2D eigenvalue weighted by atomic mass is 9.97. The van der Waals surface area contributed by atoms with E-state index in [1.807, 2.05) is 0 Å². The molecule has 0 unspecified atom stereocenters. The zero-order chi connectivity index (χ0) is 15.8.